The van der Waals surface area contributed by atoms with Gasteiger partial charge in [0.15, 0.2) is 6.61 Å². The molecule has 2 amide bonds. The number of hydrogen-bond donors (Lipinski definition) is 2. The summed E-state index contributed by atoms with van der Waals surface area (Å²) < 4.78 is 18.3. The van der Waals surface area contributed by atoms with Gasteiger partial charge in [-0.3, -0.25) is 14.4 Å². The molecule has 0 unspecified atom stereocenters. The van der Waals surface area contributed by atoms with E-state index in [1.807, 2.05) is 0 Å². The number of hydrogen-bond acceptors (Lipinski definition) is 4. The highest BCUT2D eigenvalue weighted by Crippen LogP contribution is 2.23. The Morgan fingerprint density at radius 2 is 1.92 bits per heavy atom. The van der Waals surface area contributed by atoms with E-state index in [0.29, 0.717) is 5.92 Å². The first-order valence-electron chi connectivity index (χ1n) is 8.45. The zero-order valence-corrected chi connectivity index (χ0v) is 14.2. The van der Waals surface area contributed by atoms with E-state index in [1.165, 1.54) is 24.6 Å². The van der Waals surface area contributed by atoms with Crippen LogP contribution in [0, 0.1) is 11.7 Å². The molecule has 2 atom stereocenters. The van der Waals surface area contributed by atoms with E-state index in [-0.39, 0.29) is 17.5 Å². The summed E-state index contributed by atoms with van der Waals surface area (Å²) in [5.74, 6) is -2.08. The first-order valence-corrected chi connectivity index (χ1v) is 8.45. The molecule has 0 aromatic heterocycles. The monoisotopic (exact) mass is 350 g/mol. The summed E-state index contributed by atoms with van der Waals surface area (Å²) in [6.45, 7) is 1.27. The molecule has 1 aliphatic rings. The van der Waals surface area contributed by atoms with Crippen molar-refractivity contribution < 1.29 is 23.5 Å². The van der Waals surface area contributed by atoms with E-state index in [9.17, 15) is 18.8 Å². The highest BCUT2D eigenvalue weighted by Gasteiger charge is 2.23. The molecule has 0 aliphatic heterocycles. The lowest BCUT2D eigenvalue weighted by molar-refractivity contribution is -0.147. The SMILES string of the molecule is C[C@H]1CCCC[C@H]1NC(=O)COC(=O)CNC(=O)c1ccccc1F. The average molecular weight is 350 g/mol. The topological polar surface area (TPSA) is 84.5 Å². The van der Waals surface area contributed by atoms with Gasteiger partial charge in [-0.15, -0.1) is 0 Å². The first-order chi connectivity index (χ1) is 12.0. The van der Waals surface area contributed by atoms with Gasteiger partial charge >= 0.3 is 5.97 Å². The molecule has 6 nitrogen and oxygen atoms in total. The van der Waals surface area contributed by atoms with Gasteiger partial charge in [-0.25, -0.2) is 4.39 Å². The second-order valence-electron chi connectivity index (χ2n) is 6.26. The number of benzene rings is 1. The molecule has 1 aromatic rings. The molecule has 1 fully saturated rings. The van der Waals surface area contributed by atoms with Crippen LogP contribution in [0.3, 0.4) is 0 Å². The number of nitrogens with one attached hydrogen (secondary N) is 2. The Bertz CT molecular complexity index is 635. The Kier molecular flexibility index (Phi) is 6.91. The summed E-state index contributed by atoms with van der Waals surface area (Å²) in [7, 11) is 0. The minimum Gasteiger partial charge on any atom is -0.454 e. The van der Waals surface area contributed by atoms with Crippen LogP contribution < -0.4 is 10.6 Å². The van der Waals surface area contributed by atoms with E-state index >= 15 is 0 Å². The van der Waals surface area contributed by atoms with Crippen molar-refractivity contribution in [1.29, 1.82) is 0 Å². The number of ether oxygens (including phenoxy) is 1. The van der Waals surface area contributed by atoms with Crippen molar-refractivity contribution in [3.63, 3.8) is 0 Å². The standard InChI is InChI=1S/C18H23FN2O4/c1-12-6-2-5-9-15(12)21-16(22)11-25-17(23)10-20-18(24)13-7-3-4-8-14(13)19/h3-4,7-8,12,15H,2,5-6,9-11H2,1H3,(H,20,24)(H,21,22)/t12-,15+/m0/s1. The number of amides is 2. The van der Waals surface area contributed by atoms with Gasteiger partial charge in [-0.2, -0.15) is 0 Å². The fourth-order valence-electron chi connectivity index (χ4n) is 2.87. The maximum atomic E-state index is 13.4. The maximum Gasteiger partial charge on any atom is 0.325 e. The Morgan fingerprint density at radius 1 is 1.20 bits per heavy atom. The van der Waals surface area contributed by atoms with Crippen LogP contribution in [0.4, 0.5) is 4.39 Å². The molecule has 7 heteroatoms. The minimum atomic E-state index is -0.753. The van der Waals surface area contributed by atoms with Crippen molar-refractivity contribution >= 4 is 17.8 Å². The Labute approximate surface area is 146 Å². The van der Waals surface area contributed by atoms with Gasteiger partial charge in [0.2, 0.25) is 0 Å². The molecule has 1 aromatic carbocycles. The lowest BCUT2D eigenvalue weighted by Gasteiger charge is -2.29. The van der Waals surface area contributed by atoms with Crippen molar-refractivity contribution in [3.05, 3.63) is 35.6 Å². The zero-order valence-electron chi connectivity index (χ0n) is 14.2. The third kappa shape index (κ3) is 5.85. The summed E-state index contributed by atoms with van der Waals surface area (Å²) in [5.41, 5.74) is -0.153. The first kappa shape index (κ1) is 18.9. The van der Waals surface area contributed by atoms with Crippen molar-refractivity contribution in [1.82, 2.24) is 10.6 Å². The maximum absolute atomic E-state index is 13.4. The Morgan fingerprint density at radius 3 is 2.64 bits per heavy atom. The number of esters is 1. The second-order valence-corrected chi connectivity index (χ2v) is 6.26. The predicted octanol–water partition coefficient (Wildman–Crippen LogP) is 1.79. The molecule has 0 bridgehead atoms. The largest absolute Gasteiger partial charge is 0.454 e. The molecule has 1 saturated carbocycles. The zero-order chi connectivity index (χ0) is 18.2. The number of carbonyl (C=O) groups excluding carboxylic acids is 3. The van der Waals surface area contributed by atoms with Crippen LogP contribution in [0.5, 0.6) is 0 Å². The highest BCUT2D eigenvalue weighted by molar-refractivity contribution is 5.96. The molecule has 0 spiro atoms. The van der Waals surface area contributed by atoms with Crippen LogP contribution in [0.1, 0.15) is 43.0 Å². The summed E-state index contributed by atoms with van der Waals surface area (Å²) in [5, 5.41) is 5.14. The van der Waals surface area contributed by atoms with Gasteiger partial charge in [-0.05, 0) is 30.9 Å². The fourth-order valence-corrected chi connectivity index (χ4v) is 2.87. The van der Waals surface area contributed by atoms with Crippen molar-refractivity contribution in [2.24, 2.45) is 5.92 Å². The third-order valence-electron chi connectivity index (χ3n) is 4.33. The Balaban J connectivity index is 1.69. The van der Waals surface area contributed by atoms with Gasteiger partial charge in [0.25, 0.3) is 11.8 Å². The molecule has 2 N–H and O–H groups in total. The number of halogens is 1. The predicted molar refractivity (Wildman–Crippen MR) is 89.3 cm³/mol. The Hall–Kier alpha value is -2.44. The van der Waals surface area contributed by atoms with E-state index < -0.39 is 30.8 Å². The summed E-state index contributed by atoms with van der Waals surface area (Å²) in [4.78, 5) is 35.2. The molecule has 0 radical (unpaired) electrons. The molecule has 1 aliphatic carbocycles. The second kappa shape index (κ2) is 9.15. The van der Waals surface area contributed by atoms with Gasteiger partial charge < -0.3 is 15.4 Å². The average Bonchev–Trinajstić information content (AvgIpc) is 2.60. The van der Waals surface area contributed by atoms with Crippen molar-refractivity contribution in [2.45, 2.75) is 38.6 Å². The van der Waals surface area contributed by atoms with Crippen LogP contribution in [-0.2, 0) is 14.3 Å². The normalized spacial score (nSPS) is 19.8. The molecular formula is C18H23FN2O4. The highest BCUT2D eigenvalue weighted by atomic mass is 19.1. The third-order valence-corrected chi connectivity index (χ3v) is 4.33. The number of rotatable bonds is 6. The minimum absolute atomic E-state index is 0.112. The van der Waals surface area contributed by atoms with E-state index in [1.54, 1.807) is 0 Å². The van der Waals surface area contributed by atoms with Crippen LogP contribution in [0.15, 0.2) is 24.3 Å². The lowest BCUT2D eigenvalue weighted by Crippen LogP contribution is -2.43. The molecule has 2 rings (SSSR count). The van der Waals surface area contributed by atoms with E-state index in [4.69, 9.17) is 4.74 Å². The van der Waals surface area contributed by atoms with Gasteiger partial charge in [0, 0.05) is 6.04 Å². The van der Waals surface area contributed by atoms with E-state index in [2.05, 4.69) is 17.6 Å². The van der Waals surface area contributed by atoms with Crippen LogP contribution in [0.25, 0.3) is 0 Å². The van der Waals surface area contributed by atoms with Crippen molar-refractivity contribution in [2.75, 3.05) is 13.2 Å². The van der Waals surface area contributed by atoms with Crippen molar-refractivity contribution in [3.8, 4) is 0 Å². The molecule has 136 valence electrons. The van der Waals surface area contributed by atoms with E-state index in [0.717, 1.165) is 25.3 Å². The molecular weight excluding hydrogens is 327 g/mol. The molecule has 0 saturated heterocycles. The van der Waals surface area contributed by atoms with Crippen LogP contribution >= 0.6 is 0 Å². The quantitative estimate of drug-likeness (QED) is 0.766. The van der Waals surface area contributed by atoms with Gasteiger partial charge in [0.05, 0.1) is 5.56 Å². The summed E-state index contributed by atoms with van der Waals surface area (Å²) in [6.07, 6.45) is 4.26. The van der Waals surface area contributed by atoms with Crippen LogP contribution in [-0.4, -0.2) is 37.0 Å². The lowest BCUT2D eigenvalue weighted by atomic mass is 9.86. The summed E-state index contributed by atoms with van der Waals surface area (Å²) in [6, 6.07) is 5.57. The van der Waals surface area contributed by atoms with Crippen LogP contribution in [0.2, 0.25) is 0 Å². The smallest absolute Gasteiger partial charge is 0.325 e. The van der Waals surface area contributed by atoms with Gasteiger partial charge in [0.1, 0.15) is 12.4 Å². The number of carbonyl (C=O) groups is 3. The fraction of sp³-hybridized carbons (Fsp3) is 0.500. The molecule has 25 heavy (non-hydrogen) atoms. The molecule has 0 heterocycles. The van der Waals surface area contributed by atoms with Gasteiger partial charge in [-0.1, -0.05) is 31.9 Å². The summed E-state index contributed by atoms with van der Waals surface area (Å²) >= 11 is 0.